The third-order valence-corrected chi connectivity index (χ3v) is 3.90. The van der Waals surface area contributed by atoms with E-state index < -0.39 is 5.97 Å². The van der Waals surface area contributed by atoms with Gasteiger partial charge in [-0.15, -0.1) is 0 Å². The second kappa shape index (κ2) is 7.17. The van der Waals surface area contributed by atoms with Gasteiger partial charge < -0.3 is 24.2 Å². The SMILES string of the molecule is CCN(CC)C(=O)N1CCN(C(=O)c2ccc(C(=O)O)o2)CC1. The fourth-order valence-electron chi connectivity index (χ4n) is 2.52. The zero-order valence-electron chi connectivity index (χ0n) is 13.3. The highest BCUT2D eigenvalue weighted by Gasteiger charge is 2.28. The van der Waals surface area contributed by atoms with Crippen molar-refractivity contribution in [2.75, 3.05) is 39.3 Å². The number of hydrogen-bond donors (Lipinski definition) is 1. The van der Waals surface area contributed by atoms with Crippen molar-refractivity contribution in [1.82, 2.24) is 14.7 Å². The van der Waals surface area contributed by atoms with Crippen LogP contribution in [0.25, 0.3) is 0 Å². The Hall–Kier alpha value is -2.51. The Morgan fingerprint density at radius 3 is 2.04 bits per heavy atom. The summed E-state index contributed by atoms with van der Waals surface area (Å²) in [6.07, 6.45) is 0. The van der Waals surface area contributed by atoms with E-state index in [-0.39, 0.29) is 23.5 Å². The quantitative estimate of drug-likeness (QED) is 0.898. The first-order valence-electron chi connectivity index (χ1n) is 7.64. The van der Waals surface area contributed by atoms with Crippen molar-refractivity contribution in [3.05, 3.63) is 23.7 Å². The summed E-state index contributed by atoms with van der Waals surface area (Å²) in [7, 11) is 0. The lowest BCUT2D eigenvalue weighted by Crippen LogP contribution is -2.54. The van der Waals surface area contributed by atoms with E-state index in [1.54, 1.807) is 14.7 Å². The number of carboxylic acids is 1. The van der Waals surface area contributed by atoms with Crippen molar-refractivity contribution in [2.24, 2.45) is 0 Å². The van der Waals surface area contributed by atoms with Crippen LogP contribution in [0.3, 0.4) is 0 Å². The molecule has 8 heteroatoms. The second-order valence-electron chi connectivity index (χ2n) is 5.20. The number of nitrogens with zero attached hydrogens (tertiary/aromatic N) is 3. The molecule has 0 radical (unpaired) electrons. The number of carbonyl (C=O) groups excluding carboxylic acids is 2. The molecule has 2 heterocycles. The van der Waals surface area contributed by atoms with E-state index in [0.717, 1.165) is 0 Å². The lowest BCUT2D eigenvalue weighted by Gasteiger charge is -2.36. The van der Waals surface area contributed by atoms with Gasteiger partial charge in [-0.3, -0.25) is 4.79 Å². The lowest BCUT2D eigenvalue weighted by atomic mass is 10.3. The molecule has 3 amide bonds. The highest BCUT2D eigenvalue weighted by atomic mass is 16.4. The summed E-state index contributed by atoms with van der Waals surface area (Å²) >= 11 is 0. The van der Waals surface area contributed by atoms with Crippen LogP contribution in [0.4, 0.5) is 4.79 Å². The molecule has 1 aliphatic heterocycles. The van der Waals surface area contributed by atoms with Crippen molar-refractivity contribution < 1.29 is 23.9 Å². The molecule has 1 aromatic rings. The summed E-state index contributed by atoms with van der Waals surface area (Å²) in [4.78, 5) is 40.3. The highest BCUT2D eigenvalue weighted by Crippen LogP contribution is 2.13. The number of carboxylic acid groups (broad SMARTS) is 1. The van der Waals surface area contributed by atoms with Crippen LogP contribution in [0, 0.1) is 0 Å². The first-order chi connectivity index (χ1) is 11.0. The van der Waals surface area contributed by atoms with E-state index >= 15 is 0 Å². The van der Waals surface area contributed by atoms with Crippen molar-refractivity contribution in [3.63, 3.8) is 0 Å². The van der Waals surface area contributed by atoms with Crippen LogP contribution in [0.1, 0.15) is 35.0 Å². The Morgan fingerprint density at radius 2 is 1.57 bits per heavy atom. The molecule has 1 fully saturated rings. The Labute approximate surface area is 134 Å². The summed E-state index contributed by atoms with van der Waals surface area (Å²) in [6, 6.07) is 2.60. The minimum atomic E-state index is -1.21. The maximum absolute atomic E-state index is 12.3. The molecule has 2 rings (SSSR count). The Bertz CT molecular complexity index is 586. The predicted octanol–water partition coefficient (Wildman–Crippen LogP) is 1.20. The van der Waals surface area contributed by atoms with E-state index in [2.05, 4.69) is 0 Å². The molecule has 1 aliphatic rings. The summed E-state index contributed by atoms with van der Waals surface area (Å²) in [5.74, 6) is -1.82. The first kappa shape index (κ1) is 16.9. The van der Waals surface area contributed by atoms with E-state index in [1.807, 2.05) is 13.8 Å². The standard InChI is InChI=1S/C15H21N3O5/c1-3-16(4-2)15(22)18-9-7-17(8-10-18)13(19)11-5-6-12(23-11)14(20)21/h5-6H,3-4,7-10H2,1-2H3,(H,20,21). The molecule has 126 valence electrons. The predicted molar refractivity (Wildman–Crippen MR) is 81.5 cm³/mol. The van der Waals surface area contributed by atoms with Crippen LogP contribution < -0.4 is 0 Å². The van der Waals surface area contributed by atoms with Crippen LogP contribution in [0.5, 0.6) is 0 Å². The zero-order chi connectivity index (χ0) is 17.0. The molecular weight excluding hydrogens is 302 g/mol. The number of furan rings is 1. The summed E-state index contributed by atoms with van der Waals surface area (Å²) in [5, 5.41) is 8.82. The normalized spacial score (nSPS) is 14.7. The highest BCUT2D eigenvalue weighted by molar-refractivity contribution is 5.93. The summed E-state index contributed by atoms with van der Waals surface area (Å²) in [6.45, 7) is 6.86. The smallest absolute Gasteiger partial charge is 0.371 e. The van der Waals surface area contributed by atoms with Crippen molar-refractivity contribution in [1.29, 1.82) is 0 Å². The molecule has 0 saturated carbocycles. The number of piperazine rings is 1. The third-order valence-electron chi connectivity index (χ3n) is 3.90. The van der Waals surface area contributed by atoms with Crippen LogP contribution in [-0.4, -0.2) is 77.0 Å². The topological polar surface area (TPSA) is 94.3 Å². The van der Waals surface area contributed by atoms with Crippen molar-refractivity contribution in [2.45, 2.75) is 13.8 Å². The zero-order valence-corrected chi connectivity index (χ0v) is 13.3. The molecule has 0 aliphatic carbocycles. The van der Waals surface area contributed by atoms with Gasteiger partial charge in [-0.05, 0) is 26.0 Å². The lowest BCUT2D eigenvalue weighted by molar-refractivity contribution is 0.0596. The number of amides is 3. The summed E-state index contributed by atoms with van der Waals surface area (Å²) in [5.41, 5.74) is 0. The van der Waals surface area contributed by atoms with Crippen molar-refractivity contribution in [3.8, 4) is 0 Å². The molecule has 0 bridgehead atoms. The molecule has 1 saturated heterocycles. The number of urea groups is 1. The minimum Gasteiger partial charge on any atom is -0.475 e. The van der Waals surface area contributed by atoms with Gasteiger partial charge >= 0.3 is 12.0 Å². The van der Waals surface area contributed by atoms with Gasteiger partial charge in [0.15, 0.2) is 5.76 Å². The molecule has 23 heavy (non-hydrogen) atoms. The Morgan fingerprint density at radius 1 is 1.04 bits per heavy atom. The maximum Gasteiger partial charge on any atom is 0.371 e. The fraction of sp³-hybridized carbons (Fsp3) is 0.533. The Kier molecular flexibility index (Phi) is 5.25. The van der Waals surface area contributed by atoms with Crippen LogP contribution >= 0.6 is 0 Å². The van der Waals surface area contributed by atoms with Gasteiger partial charge in [0, 0.05) is 39.3 Å². The minimum absolute atomic E-state index is 0.00548. The number of carbonyl (C=O) groups is 3. The van der Waals surface area contributed by atoms with E-state index in [4.69, 9.17) is 9.52 Å². The van der Waals surface area contributed by atoms with Gasteiger partial charge in [-0.1, -0.05) is 0 Å². The van der Waals surface area contributed by atoms with Gasteiger partial charge in [0.1, 0.15) is 0 Å². The number of aromatic carboxylic acids is 1. The largest absolute Gasteiger partial charge is 0.475 e. The van der Waals surface area contributed by atoms with Gasteiger partial charge in [0.25, 0.3) is 5.91 Å². The van der Waals surface area contributed by atoms with Crippen LogP contribution in [-0.2, 0) is 0 Å². The van der Waals surface area contributed by atoms with Gasteiger partial charge in [-0.25, -0.2) is 9.59 Å². The maximum atomic E-state index is 12.3. The second-order valence-corrected chi connectivity index (χ2v) is 5.20. The number of hydrogen-bond acceptors (Lipinski definition) is 4. The van der Waals surface area contributed by atoms with Gasteiger partial charge in [0.05, 0.1) is 0 Å². The van der Waals surface area contributed by atoms with E-state index in [1.165, 1.54) is 12.1 Å². The van der Waals surface area contributed by atoms with Gasteiger partial charge in [-0.2, -0.15) is 0 Å². The molecule has 0 atom stereocenters. The molecule has 0 unspecified atom stereocenters. The Balaban J connectivity index is 1.94. The molecular formula is C15H21N3O5. The molecule has 1 N–H and O–H groups in total. The number of rotatable bonds is 4. The average molecular weight is 323 g/mol. The first-order valence-corrected chi connectivity index (χ1v) is 7.64. The summed E-state index contributed by atoms with van der Waals surface area (Å²) < 4.78 is 5.03. The van der Waals surface area contributed by atoms with E-state index in [0.29, 0.717) is 39.3 Å². The third kappa shape index (κ3) is 3.64. The molecule has 1 aromatic heterocycles. The fourth-order valence-corrected chi connectivity index (χ4v) is 2.52. The monoisotopic (exact) mass is 323 g/mol. The molecule has 8 nitrogen and oxygen atoms in total. The molecule has 0 aromatic carbocycles. The van der Waals surface area contributed by atoms with Gasteiger partial charge in [0.2, 0.25) is 5.76 Å². The van der Waals surface area contributed by atoms with E-state index in [9.17, 15) is 14.4 Å². The van der Waals surface area contributed by atoms with Crippen LogP contribution in [0.15, 0.2) is 16.5 Å². The average Bonchev–Trinajstić information content (AvgIpc) is 3.05. The molecule has 0 spiro atoms. The van der Waals surface area contributed by atoms with Crippen LogP contribution in [0.2, 0.25) is 0 Å². The van der Waals surface area contributed by atoms with Crippen molar-refractivity contribution >= 4 is 17.9 Å².